The Morgan fingerprint density at radius 3 is 2.45 bits per heavy atom. The molecular formula is C16H21NO3. The molecule has 0 bridgehead atoms. The lowest BCUT2D eigenvalue weighted by Gasteiger charge is -2.17. The van der Waals surface area contributed by atoms with Gasteiger partial charge in [-0.2, -0.15) is 0 Å². The minimum absolute atomic E-state index is 0.128. The van der Waals surface area contributed by atoms with Gasteiger partial charge in [-0.3, -0.25) is 4.79 Å². The van der Waals surface area contributed by atoms with Gasteiger partial charge in [0.1, 0.15) is 6.04 Å². The lowest BCUT2D eigenvalue weighted by molar-refractivity contribution is -0.143. The largest absolute Gasteiger partial charge is 0.480 e. The molecular weight excluding hydrogens is 254 g/mol. The quantitative estimate of drug-likeness (QED) is 0.804. The third-order valence-corrected chi connectivity index (χ3v) is 2.90. The smallest absolute Gasteiger partial charge is 0.326 e. The van der Waals surface area contributed by atoms with E-state index in [-0.39, 0.29) is 11.8 Å². The first-order valence-electron chi connectivity index (χ1n) is 6.74. The number of amides is 1. The summed E-state index contributed by atoms with van der Waals surface area (Å²) in [6, 6.07) is 8.99. The van der Waals surface area contributed by atoms with Crippen LogP contribution in [0.1, 0.15) is 32.3 Å². The molecule has 4 heteroatoms. The standard InChI is InChI=1S/C16H21NO3/c1-12(2)15(16(19)20)17-14(18)11-7-6-10-13-8-4-3-5-9-13/h3-6,8-10,12,15H,7,11H2,1-2H3,(H,17,18)(H,19,20)/b10-6+/t15-/m1/s1. The van der Waals surface area contributed by atoms with E-state index in [1.165, 1.54) is 0 Å². The van der Waals surface area contributed by atoms with Crippen molar-refractivity contribution in [1.82, 2.24) is 5.32 Å². The number of aliphatic carboxylic acids is 1. The van der Waals surface area contributed by atoms with Gasteiger partial charge in [-0.25, -0.2) is 4.79 Å². The van der Waals surface area contributed by atoms with Gasteiger partial charge in [-0.15, -0.1) is 0 Å². The molecule has 0 aromatic heterocycles. The third-order valence-electron chi connectivity index (χ3n) is 2.90. The van der Waals surface area contributed by atoms with Crippen LogP contribution in [0.4, 0.5) is 0 Å². The molecule has 1 rings (SSSR count). The summed E-state index contributed by atoms with van der Waals surface area (Å²) in [5.74, 6) is -1.35. The molecule has 0 aliphatic carbocycles. The Balaban J connectivity index is 2.36. The highest BCUT2D eigenvalue weighted by atomic mass is 16.4. The molecule has 4 nitrogen and oxygen atoms in total. The van der Waals surface area contributed by atoms with Crippen molar-refractivity contribution in [1.29, 1.82) is 0 Å². The molecule has 1 aromatic carbocycles. The van der Waals surface area contributed by atoms with E-state index >= 15 is 0 Å². The van der Waals surface area contributed by atoms with Gasteiger partial charge in [0.25, 0.3) is 0 Å². The van der Waals surface area contributed by atoms with Crippen molar-refractivity contribution in [3.05, 3.63) is 42.0 Å². The molecule has 108 valence electrons. The molecule has 0 saturated carbocycles. The number of hydrogen-bond acceptors (Lipinski definition) is 2. The molecule has 0 unspecified atom stereocenters. The fourth-order valence-electron chi connectivity index (χ4n) is 1.76. The van der Waals surface area contributed by atoms with Gasteiger partial charge in [-0.05, 0) is 17.9 Å². The third kappa shape index (κ3) is 5.69. The number of allylic oxidation sites excluding steroid dienone is 1. The molecule has 0 saturated heterocycles. The van der Waals surface area contributed by atoms with Crippen molar-refractivity contribution < 1.29 is 14.7 Å². The molecule has 20 heavy (non-hydrogen) atoms. The Bertz CT molecular complexity index is 466. The van der Waals surface area contributed by atoms with Gasteiger partial charge in [0.2, 0.25) is 5.91 Å². The van der Waals surface area contributed by atoms with Crippen molar-refractivity contribution in [3.63, 3.8) is 0 Å². The predicted octanol–water partition coefficient (Wildman–Crippen LogP) is 2.71. The zero-order chi connectivity index (χ0) is 15.0. The molecule has 0 radical (unpaired) electrons. The van der Waals surface area contributed by atoms with E-state index in [9.17, 15) is 9.59 Å². The van der Waals surface area contributed by atoms with E-state index in [0.29, 0.717) is 12.8 Å². The highest BCUT2D eigenvalue weighted by molar-refractivity contribution is 5.83. The van der Waals surface area contributed by atoms with E-state index in [4.69, 9.17) is 5.11 Å². The number of carbonyl (C=O) groups excluding carboxylic acids is 1. The van der Waals surface area contributed by atoms with Crippen LogP contribution in [-0.4, -0.2) is 23.0 Å². The topological polar surface area (TPSA) is 66.4 Å². The Morgan fingerprint density at radius 2 is 1.90 bits per heavy atom. The Morgan fingerprint density at radius 1 is 1.25 bits per heavy atom. The Kier molecular flexibility index (Phi) is 6.50. The molecule has 1 aromatic rings. The molecule has 0 heterocycles. The van der Waals surface area contributed by atoms with Gasteiger partial charge in [-0.1, -0.05) is 56.3 Å². The van der Waals surface area contributed by atoms with Gasteiger partial charge in [0, 0.05) is 6.42 Å². The van der Waals surface area contributed by atoms with E-state index in [1.807, 2.05) is 42.5 Å². The Labute approximate surface area is 119 Å². The average Bonchev–Trinajstić information content (AvgIpc) is 2.41. The van der Waals surface area contributed by atoms with E-state index in [2.05, 4.69) is 5.32 Å². The zero-order valence-corrected chi connectivity index (χ0v) is 11.9. The van der Waals surface area contributed by atoms with Crippen LogP contribution in [0.25, 0.3) is 6.08 Å². The van der Waals surface area contributed by atoms with E-state index < -0.39 is 12.0 Å². The van der Waals surface area contributed by atoms with Crippen LogP contribution in [0, 0.1) is 5.92 Å². The fourth-order valence-corrected chi connectivity index (χ4v) is 1.76. The number of rotatable bonds is 7. The molecule has 0 aliphatic heterocycles. The number of carboxylic acids is 1. The lowest BCUT2D eigenvalue weighted by Crippen LogP contribution is -2.44. The van der Waals surface area contributed by atoms with Crippen molar-refractivity contribution in [2.24, 2.45) is 5.92 Å². The summed E-state index contributed by atoms with van der Waals surface area (Å²) in [4.78, 5) is 22.6. The predicted molar refractivity (Wildman–Crippen MR) is 79.1 cm³/mol. The fraction of sp³-hybridized carbons (Fsp3) is 0.375. The second-order valence-corrected chi connectivity index (χ2v) is 4.98. The number of hydrogen-bond donors (Lipinski definition) is 2. The summed E-state index contributed by atoms with van der Waals surface area (Å²) in [6.45, 7) is 3.54. The number of nitrogens with one attached hydrogen (secondary N) is 1. The van der Waals surface area contributed by atoms with Crippen LogP contribution >= 0.6 is 0 Å². The maximum atomic E-state index is 11.7. The van der Waals surface area contributed by atoms with Crippen molar-refractivity contribution in [2.45, 2.75) is 32.7 Å². The summed E-state index contributed by atoms with van der Waals surface area (Å²) in [7, 11) is 0. The van der Waals surface area contributed by atoms with Crippen molar-refractivity contribution in [3.8, 4) is 0 Å². The van der Waals surface area contributed by atoms with Crippen LogP contribution in [0.5, 0.6) is 0 Å². The normalized spacial score (nSPS) is 12.6. The Hall–Kier alpha value is -2.10. The second kappa shape index (κ2) is 8.15. The second-order valence-electron chi connectivity index (χ2n) is 4.98. The molecule has 1 atom stereocenters. The van der Waals surface area contributed by atoms with Gasteiger partial charge >= 0.3 is 5.97 Å². The summed E-state index contributed by atoms with van der Waals surface area (Å²) >= 11 is 0. The van der Waals surface area contributed by atoms with Crippen LogP contribution in [0.3, 0.4) is 0 Å². The number of benzene rings is 1. The van der Waals surface area contributed by atoms with Gasteiger partial charge in [0.05, 0.1) is 0 Å². The zero-order valence-electron chi connectivity index (χ0n) is 11.9. The summed E-state index contributed by atoms with van der Waals surface area (Å²) in [5.41, 5.74) is 1.08. The molecule has 1 amide bonds. The molecule has 0 aliphatic rings. The first-order chi connectivity index (χ1) is 9.50. The minimum atomic E-state index is -0.992. The number of carboxylic acid groups (broad SMARTS) is 1. The highest BCUT2D eigenvalue weighted by Crippen LogP contribution is 2.05. The monoisotopic (exact) mass is 275 g/mol. The summed E-state index contributed by atoms with van der Waals surface area (Å²) in [5, 5.41) is 11.5. The lowest BCUT2D eigenvalue weighted by atomic mass is 10.0. The summed E-state index contributed by atoms with van der Waals surface area (Å²) in [6.07, 6.45) is 4.75. The van der Waals surface area contributed by atoms with Crippen LogP contribution < -0.4 is 5.32 Å². The number of carbonyl (C=O) groups is 2. The minimum Gasteiger partial charge on any atom is -0.480 e. The maximum absolute atomic E-state index is 11.7. The van der Waals surface area contributed by atoms with Gasteiger partial charge < -0.3 is 10.4 Å². The van der Waals surface area contributed by atoms with Crippen molar-refractivity contribution in [2.75, 3.05) is 0 Å². The molecule has 2 N–H and O–H groups in total. The van der Waals surface area contributed by atoms with Crippen LogP contribution in [-0.2, 0) is 9.59 Å². The van der Waals surface area contributed by atoms with Crippen LogP contribution in [0.2, 0.25) is 0 Å². The molecule has 0 spiro atoms. The van der Waals surface area contributed by atoms with E-state index in [0.717, 1.165) is 5.56 Å². The highest BCUT2D eigenvalue weighted by Gasteiger charge is 2.22. The first-order valence-corrected chi connectivity index (χ1v) is 6.74. The average molecular weight is 275 g/mol. The summed E-state index contributed by atoms with van der Waals surface area (Å²) < 4.78 is 0. The van der Waals surface area contributed by atoms with Crippen molar-refractivity contribution >= 4 is 18.0 Å². The van der Waals surface area contributed by atoms with Crippen LogP contribution in [0.15, 0.2) is 36.4 Å². The van der Waals surface area contributed by atoms with Gasteiger partial charge in [0.15, 0.2) is 0 Å². The SMILES string of the molecule is CC(C)[C@@H](NC(=O)CC/C=C/c1ccccc1)C(=O)O. The van der Waals surface area contributed by atoms with E-state index in [1.54, 1.807) is 13.8 Å². The maximum Gasteiger partial charge on any atom is 0.326 e. The molecule has 0 fully saturated rings. The first kappa shape index (κ1) is 16.0.